The van der Waals surface area contributed by atoms with Gasteiger partial charge >= 0.3 is 0 Å². The normalized spacial score (nSPS) is 14.3. The molecule has 0 bridgehead atoms. The molecule has 126 valence electrons. The lowest BCUT2D eigenvalue weighted by Gasteiger charge is -2.20. The number of hydrogen-bond acceptors (Lipinski definition) is 2. The number of aromatic nitrogens is 2. The lowest BCUT2D eigenvalue weighted by atomic mass is 9.85. The molecule has 26 heavy (non-hydrogen) atoms. The number of rotatable bonds is 1. The average Bonchev–Trinajstić information content (AvgIpc) is 2.88. The van der Waals surface area contributed by atoms with E-state index >= 15 is 0 Å². The Hall–Kier alpha value is -2.71. The largest absolute Gasteiger partial charge is 0.243 e. The molecule has 3 aromatic carbocycles. The molecule has 1 heterocycles. The second kappa shape index (κ2) is 5.39. The van der Waals surface area contributed by atoms with Gasteiger partial charge in [-0.1, -0.05) is 92.2 Å². The molecule has 0 saturated carbocycles. The van der Waals surface area contributed by atoms with Crippen LogP contribution < -0.4 is 0 Å². The fourth-order valence-electron chi connectivity index (χ4n) is 4.00. The lowest BCUT2D eigenvalue weighted by molar-refractivity contribution is 0.635. The molecule has 1 aromatic heterocycles. The van der Waals surface area contributed by atoms with Gasteiger partial charge < -0.3 is 0 Å². The second-order valence-electron chi connectivity index (χ2n) is 7.26. The maximum absolute atomic E-state index is 6.64. The molecule has 4 aromatic rings. The smallest absolute Gasteiger partial charge is 0.155 e. The van der Waals surface area contributed by atoms with E-state index in [0.29, 0.717) is 5.15 Å². The molecule has 0 unspecified atom stereocenters. The van der Waals surface area contributed by atoms with Crippen molar-refractivity contribution in [3.05, 3.63) is 83.1 Å². The van der Waals surface area contributed by atoms with Crippen LogP contribution in [0.4, 0.5) is 0 Å². The Kier molecular flexibility index (Phi) is 3.22. The van der Waals surface area contributed by atoms with E-state index in [4.69, 9.17) is 21.6 Å². The molecule has 3 heteroatoms. The molecular weight excluding hydrogens is 340 g/mol. The number of nitrogens with zero attached hydrogens (tertiary/aromatic N) is 2. The zero-order valence-corrected chi connectivity index (χ0v) is 15.4. The Morgan fingerprint density at radius 3 is 2.31 bits per heavy atom. The minimum atomic E-state index is -0.195. The fraction of sp³-hybridized carbons (Fsp3) is 0.130. The van der Waals surface area contributed by atoms with Crippen molar-refractivity contribution in [1.29, 1.82) is 0 Å². The number of hydrogen-bond donors (Lipinski definition) is 0. The molecule has 2 nitrogen and oxygen atoms in total. The third-order valence-electron chi connectivity index (χ3n) is 5.35. The van der Waals surface area contributed by atoms with Gasteiger partial charge in [-0.25, -0.2) is 9.97 Å². The first-order valence-corrected chi connectivity index (χ1v) is 9.11. The van der Waals surface area contributed by atoms with Crippen molar-refractivity contribution in [2.75, 3.05) is 0 Å². The van der Waals surface area contributed by atoms with Gasteiger partial charge in [0, 0.05) is 16.5 Å². The van der Waals surface area contributed by atoms with Crippen LogP contribution in [0.1, 0.15) is 25.1 Å². The van der Waals surface area contributed by atoms with Gasteiger partial charge in [0.25, 0.3) is 0 Å². The van der Waals surface area contributed by atoms with Crippen molar-refractivity contribution in [1.82, 2.24) is 9.97 Å². The van der Waals surface area contributed by atoms with Gasteiger partial charge in [0.2, 0.25) is 0 Å². The Morgan fingerprint density at radius 2 is 1.42 bits per heavy atom. The molecule has 0 aliphatic heterocycles. The third-order valence-corrected chi connectivity index (χ3v) is 5.61. The van der Waals surface area contributed by atoms with E-state index < -0.39 is 0 Å². The van der Waals surface area contributed by atoms with Crippen LogP contribution in [0, 0.1) is 0 Å². The Balaban J connectivity index is 1.83. The van der Waals surface area contributed by atoms with Gasteiger partial charge in [-0.15, -0.1) is 0 Å². The Morgan fingerprint density at radius 1 is 0.731 bits per heavy atom. The molecule has 1 aliphatic rings. The van der Waals surface area contributed by atoms with Crippen LogP contribution >= 0.6 is 11.6 Å². The summed E-state index contributed by atoms with van der Waals surface area (Å²) in [5.41, 5.74) is 5.87. The maximum Gasteiger partial charge on any atom is 0.155 e. The van der Waals surface area contributed by atoms with Crippen LogP contribution in [-0.2, 0) is 5.41 Å². The highest BCUT2D eigenvalue weighted by Crippen LogP contribution is 2.48. The van der Waals surface area contributed by atoms with Crippen molar-refractivity contribution in [2.45, 2.75) is 19.3 Å². The molecule has 0 atom stereocenters. The summed E-state index contributed by atoms with van der Waals surface area (Å²) < 4.78 is 0. The van der Waals surface area contributed by atoms with E-state index in [9.17, 15) is 0 Å². The van der Waals surface area contributed by atoms with Crippen LogP contribution in [0.2, 0.25) is 5.15 Å². The van der Waals surface area contributed by atoms with Crippen LogP contribution in [-0.4, -0.2) is 9.97 Å². The first kappa shape index (κ1) is 15.5. The van der Waals surface area contributed by atoms with Gasteiger partial charge in [0.05, 0.1) is 11.4 Å². The quantitative estimate of drug-likeness (QED) is 0.402. The first-order valence-electron chi connectivity index (χ1n) is 8.73. The predicted octanol–water partition coefficient (Wildman–Crippen LogP) is 6.26. The summed E-state index contributed by atoms with van der Waals surface area (Å²) in [5, 5.41) is 2.77. The summed E-state index contributed by atoms with van der Waals surface area (Å²) in [7, 11) is 0. The van der Waals surface area contributed by atoms with Crippen molar-refractivity contribution in [3.8, 4) is 22.5 Å². The molecular formula is C23H17ClN2. The summed E-state index contributed by atoms with van der Waals surface area (Å²) in [5.74, 6) is 0. The monoisotopic (exact) mass is 356 g/mol. The summed E-state index contributed by atoms with van der Waals surface area (Å²) in [6, 6.07) is 22.9. The summed E-state index contributed by atoms with van der Waals surface area (Å²) in [4.78, 5) is 9.82. The molecule has 1 aliphatic carbocycles. The highest BCUT2D eigenvalue weighted by atomic mass is 35.5. The Labute approximate surface area is 157 Å². The van der Waals surface area contributed by atoms with Crippen LogP contribution in [0.15, 0.2) is 66.7 Å². The van der Waals surface area contributed by atoms with Crippen molar-refractivity contribution >= 4 is 22.4 Å². The fourth-order valence-corrected chi connectivity index (χ4v) is 4.23. The van der Waals surface area contributed by atoms with E-state index in [1.807, 2.05) is 18.2 Å². The Bertz CT molecular complexity index is 1170. The molecule has 0 fully saturated rings. The predicted molar refractivity (Wildman–Crippen MR) is 108 cm³/mol. The van der Waals surface area contributed by atoms with Gasteiger partial charge in [0.15, 0.2) is 5.15 Å². The third kappa shape index (κ3) is 2.06. The van der Waals surface area contributed by atoms with Gasteiger partial charge in [0.1, 0.15) is 5.69 Å². The standard InChI is InChI=1S/C23H17ClN2/c1-23(2)18-13-6-5-11-17(18)19-21(23)26-22(24)20(25-19)16-12-7-9-14-8-3-4-10-15(14)16/h3-13H,1-2H3. The van der Waals surface area contributed by atoms with E-state index in [1.54, 1.807) is 0 Å². The van der Waals surface area contributed by atoms with E-state index in [-0.39, 0.29) is 5.41 Å². The summed E-state index contributed by atoms with van der Waals surface area (Å²) in [6.45, 7) is 4.36. The highest BCUT2D eigenvalue weighted by Gasteiger charge is 2.38. The zero-order chi connectivity index (χ0) is 17.9. The van der Waals surface area contributed by atoms with Crippen molar-refractivity contribution in [3.63, 3.8) is 0 Å². The first-order chi connectivity index (χ1) is 12.6. The number of fused-ring (bicyclic) bond motifs is 4. The zero-order valence-electron chi connectivity index (χ0n) is 14.6. The molecule has 0 radical (unpaired) electrons. The second-order valence-corrected chi connectivity index (χ2v) is 7.62. The molecule has 0 saturated heterocycles. The number of benzene rings is 3. The SMILES string of the molecule is CC1(C)c2ccccc2-c2nc(-c3cccc4ccccc34)c(Cl)nc21. The lowest BCUT2D eigenvalue weighted by Crippen LogP contribution is -2.17. The van der Waals surface area contributed by atoms with Gasteiger partial charge in [-0.2, -0.15) is 0 Å². The van der Waals surface area contributed by atoms with Gasteiger partial charge in [-0.3, -0.25) is 0 Å². The van der Waals surface area contributed by atoms with Gasteiger partial charge in [-0.05, 0) is 16.3 Å². The average molecular weight is 357 g/mol. The number of halogens is 1. The minimum Gasteiger partial charge on any atom is -0.243 e. The molecule has 5 rings (SSSR count). The maximum atomic E-state index is 6.64. The summed E-state index contributed by atoms with van der Waals surface area (Å²) >= 11 is 6.64. The van der Waals surface area contributed by atoms with Crippen molar-refractivity contribution < 1.29 is 0 Å². The molecule has 0 N–H and O–H groups in total. The highest BCUT2D eigenvalue weighted by molar-refractivity contribution is 6.32. The van der Waals surface area contributed by atoms with E-state index in [0.717, 1.165) is 33.6 Å². The van der Waals surface area contributed by atoms with Crippen LogP contribution in [0.25, 0.3) is 33.3 Å². The van der Waals surface area contributed by atoms with Crippen LogP contribution in [0.3, 0.4) is 0 Å². The molecule has 0 spiro atoms. The van der Waals surface area contributed by atoms with E-state index in [2.05, 4.69) is 62.4 Å². The summed E-state index contributed by atoms with van der Waals surface area (Å²) in [6.07, 6.45) is 0. The molecule has 0 amide bonds. The van der Waals surface area contributed by atoms with Crippen molar-refractivity contribution in [2.24, 2.45) is 0 Å². The minimum absolute atomic E-state index is 0.195. The van der Waals surface area contributed by atoms with E-state index in [1.165, 1.54) is 10.9 Å². The van der Waals surface area contributed by atoms with Crippen LogP contribution in [0.5, 0.6) is 0 Å². The topological polar surface area (TPSA) is 25.8 Å².